The van der Waals surface area contributed by atoms with Gasteiger partial charge in [0.2, 0.25) is 5.91 Å². The van der Waals surface area contributed by atoms with Gasteiger partial charge in [-0.15, -0.1) is 5.10 Å². The molecule has 1 aromatic rings. The van der Waals surface area contributed by atoms with Gasteiger partial charge in [0.1, 0.15) is 5.69 Å². The van der Waals surface area contributed by atoms with Gasteiger partial charge in [0.15, 0.2) is 5.78 Å². The smallest absolute Gasteiger partial charge is 0.244 e. The number of rotatable bonds is 12. The minimum Gasteiger partial charge on any atom is -0.379 e. The first-order chi connectivity index (χ1) is 13.2. The lowest BCUT2D eigenvalue weighted by Gasteiger charge is -2.03. The third-order valence-corrected chi connectivity index (χ3v) is 2.84. The molecule has 0 aliphatic carbocycles. The van der Waals surface area contributed by atoms with Crippen molar-refractivity contribution in [3.8, 4) is 0 Å². The Morgan fingerprint density at radius 1 is 1.07 bits per heavy atom. The van der Waals surface area contributed by atoms with E-state index in [-0.39, 0.29) is 18.2 Å². The number of carbonyl (C=O) groups is 2. The summed E-state index contributed by atoms with van der Waals surface area (Å²) in [5.41, 5.74) is 0.642. The minimum absolute atomic E-state index is 0.0876. The predicted molar refractivity (Wildman–Crippen MR) is 106 cm³/mol. The number of amides is 1. The zero-order valence-electron chi connectivity index (χ0n) is 17.7. The summed E-state index contributed by atoms with van der Waals surface area (Å²) in [5, 5.41) is 10.5. The van der Waals surface area contributed by atoms with Crippen molar-refractivity contribution in [3.63, 3.8) is 0 Å². The number of hydrogen-bond donors (Lipinski definition) is 1. The first-order valence-electron chi connectivity index (χ1n) is 9.69. The monoisotopic (exact) mass is 384 g/mol. The highest BCUT2D eigenvalue weighted by Crippen LogP contribution is 1.94. The van der Waals surface area contributed by atoms with E-state index in [9.17, 15) is 9.59 Å². The maximum Gasteiger partial charge on any atom is 0.244 e. The van der Waals surface area contributed by atoms with Crippen molar-refractivity contribution < 1.29 is 19.1 Å². The molecule has 0 aromatic carbocycles. The van der Waals surface area contributed by atoms with Crippen LogP contribution in [0, 0.1) is 0 Å². The number of ketones is 1. The molecule has 1 aromatic heterocycles. The highest BCUT2D eigenvalue weighted by atomic mass is 16.5. The largest absolute Gasteiger partial charge is 0.379 e. The average Bonchev–Trinajstić information content (AvgIpc) is 3.18. The van der Waals surface area contributed by atoms with Gasteiger partial charge in [-0.2, -0.15) is 0 Å². The lowest BCUT2D eigenvalue weighted by Crippen LogP contribution is -2.20. The number of ether oxygens (including phenoxy) is 2. The number of carbonyl (C=O) groups excluding carboxylic acids is 2. The van der Waals surface area contributed by atoms with Gasteiger partial charge >= 0.3 is 0 Å². The molecule has 1 heterocycles. The van der Waals surface area contributed by atoms with Crippen molar-refractivity contribution in [3.05, 3.63) is 24.0 Å². The Hall–Kier alpha value is -2.06. The summed E-state index contributed by atoms with van der Waals surface area (Å²) in [6, 6.07) is 0. The first kappa shape index (κ1) is 27.2. The van der Waals surface area contributed by atoms with Crippen LogP contribution in [0.4, 0.5) is 0 Å². The SMILES string of the molecule is CC.CC.CCOCCOCCn1cc(CNC(=O)/C=C/C(=O)CC)nn1. The Kier molecular flexibility index (Phi) is 20.4. The van der Waals surface area contributed by atoms with Crippen molar-refractivity contribution >= 4 is 11.7 Å². The van der Waals surface area contributed by atoms with Crippen LogP contribution in [-0.2, 0) is 32.2 Å². The number of nitrogens with zero attached hydrogens (tertiary/aromatic N) is 3. The third kappa shape index (κ3) is 15.9. The van der Waals surface area contributed by atoms with Crippen LogP contribution >= 0.6 is 0 Å². The maximum atomic E-state index is 11.5. The van der Waals surface area contributed by atoms with Crippen LogP contribution < -0.4 is 5.32 Å². The summed E-state index contributed by atoms with van der Waals surface area (Å²) in [5.74, 6) is -0.420. The van der Waals surface area contributed by atoms with Crippen LogP contribution in [0.2, 0.25) is 0 Å². The molecule has 0 aliphatic heterocycles. The van der Waals surface area contributed by atoms with Crippen molar-refractivity contribution in [1.82, 2.24) is 20.3 Å². The molecule has 156 valence electrons. The molecule has 1 amide bonds. The molecule has 0 saturated carbocycles. The topological polar surface area (TPSA) is 95.3 Å². The van der Waals surface area contributed by atoms with Crippen LogP contribution in [0.1, 0.15) is 53.7 Å². The van der Waals surface area contributed by atoms with Gasteiger partial charge in [-0.05, 0) is 13.0 Å². The van der Waals surface area contributed by atoms with Crippen LogP contribution in [0.3, 0.4) is 0 Å². The molecule has 0 unspecified atom stereocenters. The van der Waals surface area contributed by atoms with E-state index >= 15 is 0 Å². The molecule has 1 rings (SSSR count). The predicted octanol–water partition coefficient (Wildman–Crippen LogP) is 2.54. The third-order valence-electron chi connectivity index (χ3n) is 2.84. The zero-order chi connectivity index (χ0) is 20.9. The van der Waals surface area contributed by atoms with E-state index in [0.717, 1.165) is 0 Å². The molecule has 0 radical (unpaired) electrons. The molecule has 0 bridgehead atoms. The van der Waals surface area contributed by atoms with E-state index in [2.05, 4.69) is 15.6 Å². The Labute approximate surface area is 163 Å². The van der Waals surface area contributed by atoms with Gasteiger partial charge in [0, 0.05) is 19.1 Å². The van der Waals surface area contributed by atoms with Gasteiger partial charge in [0.25, 0.3) is 0 Å². The standard InChI is InChI=1S/C15H24N4O4.2C2H6/c1-3-14(20)5-6-15(21)16-11-13-12-19(18-17-13)7-8-23-10-9-22-4-2;2*1-2/h5-6,12H,3-4,7-11H2,1-2H3,(H,16,21);2*1-2H3/b6-5+;;. The Morgan fingerprint density at radius 2 is 1.74 bits per heavy atom. The second-order valence-electron chi connectivity index (χ2n) is 4.65. The van der Waals surface area contributed by atoms with Crippen LogP contribution in [0.5, 0.6) is 0 Å². The van der Waals surface area contributed by atoms with Gasteiger partial charge in [-0.3, -0.25) is 9.59 Å². The lowest BCUT2D eigenvalue weighted by molar-refractivity contribution is -0.118. The van der Waals surface area contributed by atoms with E-state index in [0.29, 0.717) is 45.1 Å². The van der Waals surface area contributed by atoms with E-state index < -0.39 is 0 Å². The molecule has 0 saturated heterocycles. The fraction of sp³-hybridized carbons (Fsp3) is 0.684. The van der Waals surface area contributed by atoms with E-state index in [1.165, 1.54) is 12.2 Å². The van der Waals surface area contributed by atoms with Gasteiger partial charge in [-0.1, -0.05) is 39.8 Å². The fourth-order valence-electron chi connectivity index (χ4n) is 1.57. The molecule has 0 atom stereocenters. The number of aromatic nitrogens is 3. The van der Waals surface area contributed by atoms with Crippen molar-refractivity contribution in [2.75, 3.05) is 26.4 Å². The first-order valence-corrected chi connectivity index (χ1v) is 9.69. The molecular formula is C19H36N4O4. The second kappa shape index (κ2) is 20.3. The van der Waals surface area contributed by atoms with Gasteiger partial charge in [0.05, 0.1) is 39.1 Å². The number of hydrogen-bond acceptors (Lipinski definition) is 6. The maximum absolute atomic E-state index is 11.5. The quantitative estimate of drug-likeness (QED) is 0.439. The normalized spacial score (nSPS) is 9.85. The van der Waals surface area contributed by atoms with Crippen molar-refractivity contribution in [2.45, 2.75) is 61.1 Å². The summed E-state index contributed by atoms with van der Waals surface area (Å²) in [4.78, 5) is 22.6. The lowest BCUT2D eigenvalue weighted by atomic mass is 10.3. The van der Waals surface area contributed by atoms with E-state index in [4.69, 9.17) is 9.47 Å². The highest BCUT2D eigenvalue weighted by molar-refractivity contribution is 5.97. The number of allylic oxidation sites excluding steroid dienone is 1. The molecule has 8 nitrogen and oxygen atoms in total. The van der Waals surface area contributed by atoms with E-state index in [1.54, 1.807) is 17.8 Å². The summed E-state index contributed by atoms with van der Waals surface area (Å²) in [7, 11) is 0. The second-order valence-corrected chi connectivity index (χ2v) is 4.65. The minimum atomic E-state index is -0.333. The van der Waals surface area contributed by atoms with Crippen LogP contribution in [-0.4, -0.2) is 53.1 Å². The molecule has 8 heteroatoms. The summed E-state index contributed by atoms with van der Waals surface area (Å²) in [6.07, 6.45) is 4.62. The zero-order valence-corrected chi connectivity index (χ0v) is 17.7. The van der Waals surface area contributed by atoms with E-state index in [1.807, 2.05) is 34.6 Å². The van der Waals surface area contributed by atoms with Crippen LogP contribution in [0.25, 0.3) is 0 Å². The Balaban J connectivity index is 0. The molecule has 0 spiro atoms. The number of nitrogens with one attached hydrogen (secondary N) is 1. The average molecular weight is 385 g/mol. The molecule has 0 aliphatic rings. The van der Waals surface area contributed by atoms with Gasteiger partial charge < -0.3 is 14.8 Å². The summed E-state index contributed by atoms with van der Waals surface area (Å²) < 4.78 is 12.2. The highest BCUT2D eigenvalue weighted by Gasteiger charge is 2.03. The van der Waals surface area contributed by atoms with Crippen LogP contribution in [0.15, 0.2) is 18.3 Å². The Morgan fingerprint density at radius 3 is 2.37 bits per heavy atom. The molecule has 0 fully saturated rings. The van der Waals surface area contributed by atoms with Gasteiger partial charge in [-0.25, -0.2) is 4.68 Å². The Bertz CT molecular complexity index is 516. The van der Waals surface area contributed by atoms with Crippen molar-refractivity contribution in [1.29, 1.82) is 0 Å². The summed E-state index contributed by atoms with van der Waals surface area (Å²) in [6.45, 7) is 14.9. The molecule has 27 heavy (non-hydrogen) atoms. The summed E-state index contributed by atoms with van der Waals surface area (Å²) >= 11 is 0. The van der Waals surface area contributed by atoms with Crippen molar-refractivity contribution in [2.24, 2.45) is 0 Å². The fourth-order valence-corrected chi connectivity index (χ4v) is 1.57. The molecule has 1 N–H and O–H groups in total. The molecular weight excluding hydrogens is 348 g/mol.